The number of benzene rings is 1. The number of aromatic nitrogens is 4. The van der Waals surface area contributed by atoms with E-state index in [2.05, 4.69) is 19.1 Å². The van der Waals surface area contributed by atoms with Crippen molar-refractivity contribution in [1.29, 1.82) is 0 Å². The van der Waals surface area contributed by atoms with Gasteiger partial charge in [0.1, 0.15) is 24.4 Å². The molecular formula is C28H38N4O6. The lowest BCUT2D eigenvalue weighted by molar-refractivity contribution is -0.367. The van der Waals surface area contributed by atoms with Crippen LogP contribution in [-0.4, -0.2) is 76.7 Å². The molecule has 38 heavy (non-hydrogen) atoms. The Morgan fingerprint density at radius 1 is 0.842 bits per heavy atom. The predicted molar refractivity (Wildman–Crippen MR) is 138 cm³/mol. The van der Waals surface area contributed by atoms with Crippen LogP contribution in [0.5, 0.6) is 0 Å². The zero-order valence-corrected chi connectivity index (χ0v) is 21.9. The van der Waals surface area contributed by atoms with E-state index >= 15 is 0 Å². The van der Waals surface area contributed by atoms with Gasteiger partial charge in [-0.05, 0) is 25.7 Å². The summed E-state index contributed by atoms with van der Waals surface area (Å²) in [6.45, 7) is 3.35. The van der Waals surface area contributed by atoms with Gasteiger partial charge in [-0.25, -0.2) is 9.97 Å². The van der Waals surface area contributed by atoms with Crippen molar-refractivity contribution in [2.24, 2.45) is 0 Å². The summed E-state index contributed by atoms with van der Waals surface area (Å²) in [5.74, 6) is 0. The average Bonchev–Trinajstić information content (AvgIpc) is 3.68. The van der Waals surface area contributed by atoms with Crippen molar-refractivity contribution >= 4 is 0 Å². The molecule has 1 aromatic carbocycles. The molecule has 1 unspecified atom stereocenters. The standard InChI is InChI=1S/C28H38N4O6/c1-33-28-26(35-18-8-6-14-32-16-12-30-21-32)25(34-17-7-5-13-31-15-11-29-20-31)24-23(37-28)19-36-27(38-24)22-9-3-2-4-10-22/h2-4,9-12,15-16,20-21,23-28H,5-8,13-14,17-19H2,1H3/t23-,24-,25+,26-,27?,28+/m1/s1. The van der Waals surface area contributed by atoms with Gasteiger partial charge in [-0.15, -0.1) is 0 Å². The maximum absolute atomic E-state index is 6.51. The minimum absolute atomic E-state index is 0.308. The first kappa shape index (κ1) is 27.0. The smallest absolute Gasteiger partial charge is 0.186 e. The molecule has 0 aliphatic carbocycles. The molecule has 0 saturated carbocycles. The van der Waals surface area contributed by atoms with Gasteiger partial charge in [-0.2, -0.15) is 0 Å². The molecule has 2 saturated heterocycles. The van der Waals surface area contributed by atoms with Gasteiger partial charge >= 0.3 is 0 Å². The number of nitrogens with zero attached hydrogens (tertiary/aromatic N) is 4. The molecule has 5 rings (SSSR count). The summed E-state index contributed by atoms with van der Waals surface area (Å²) in [6.07, 6.45) is 12.5. The minimum atomic E-state index is -0.568. The fourth-order valence-corrected chi connectivity index (χ4v) is 4.95. The van der Waals surface area contributed by atoms with Crippen LogP contribution in [0.2, 0.25) is 0 Å². The summed E-state index contributed by atoms with van der Waals surface area (Å²) in [4.78, 5) is 8.21. The van der Waals surface area contributed by atoms with E-state index in [0.29, 0.717) is 19.8 Å². The van der Waals surface area contributed by atoms with Crippen LogP contribution in [0.3, 0.4) is 0 Å². The van der Waals surface area contributed by atoms with Crippen molar-refractivity contribution in [1.82, 2.24) is 19.1 Å². The Labute approximate surface area is 223 Å². The minimum Gasteiger partial charge on any atom is -0.372 e. The third-order valence-electron chi connectivity index (χ3n) is 6.95. The van der Waals surface area contributed by atoms with Gasteiger partial charge < -0.3 is 37.6 Å². The summed E-state index contributed by atoms with van der Waals surface area (Å²) in [5, 5.41) is 0. The number of unbranched alkanes of at least 4 members (excludes halogenated alkanes) is 2. The summed E-state index contributed by atoms with van der Waals surface area (Å²) >= 11 is 0. The van der Waals surface area contributed by atoms with Crippen LogP contribution in [0.15, 0.2) is 67.8 Å². The number of ether oxygens (including phenoxy) is 6. The Morgan fingerprint density at radius 3 is 2.11 bits per heavy atom. The highest BCUT2D eigenvalue weighted by atomic mass is 16.8. The van der Waals surface area contributed by atoms with Crippen molar-refractivity contribution in [3.63, 3.8) is 0 Å². The third kappa shape index (κ3) is 7.07. The zero-order valence-electron chi connectivity index (χ0n) is 21.9. The second-order valence-corrected chi connectivity index (χ2v) is 9.64. The molecular weight excluding hydrogens is 488 g/mol. The molecule has 0 spiro atoms. The molecule has 0 amide bonds. The second-order valence-electron chi connectivity index (χ2n) is 9.64. The number of methoxy groups -OCH3 is 1. The van der Waals surface area contributed by atoms with Gasteiger partial charge in [0.15, 0.2) is 12.6 Å². The summed E-state index contributed by atoms with van der Waals surface area (Å²) in [7, 11) is 1.64. The second kappa shape index (κ2) is 14.0. The van der Waals surface area contributed by atoms with Gasteiger partial charge in [0.25, 0.3) is 0 Å². The number of rotatable bonds is 14. The summed E-state index contributed by atoms with van der Waals surface area (Å²) < 4.78 is 41.5. The lowest BCUT2D eigenvalue weighted by Gasteiger charge is -2.48. The molecule has 0 radical (unpaired) electrons. The number of hydrogen-bond acceptors (Lipinski definition) is 8. The van der Waals surface area contributed by atoms with Crippen molar-refractivity contribution in [3.05, 3.63) is 73.3 Å². The first-order valence-corrected chi connectivity index (χ1v) is 13.5. The molecule has 6 atom stereocenters. The Morgan fingerprint density at radius 2 is 1.50 bits per heavy atom. The number of fused-ring (bicyclic) bond motifs is 1. The number of hydrogen-bond donors (Lipinski definition) is 0. The van der Waals surface area contributed by atoms with Crippen LogP contribution >= 0.6 is 0 Å². The normalized spacial score (nSPS) is 27.3. The summed E-state index contributed by atoms with van der Waals surface area (Å²) in [6, 6.07) is 9.96. The molecule has 10 heteroatoms. The maximum Gasteiger partial charge on any atom is 0.186 e. The van der Waals surface area contributed by atoms with E-state index in [-0.39, 0.29) is 18.3 Å². The highest BCUT2D eigenvalue weighted by Gasteiger charge is 2.51. The predicted octanol–water partition coefficient (Wildman–Crippen LogP) is 3.60. The Bertz CT molecular complexity index is 1040. The molecule has 2 fully saturated rings. The van der Waals surface area contributed by atoms with Crippen LogP contribution in [0.25, 0.3) is 0 Å². The van der Waals surface area contributed by atoms with Crippen molar-refractivity contribution in [2.75, 3.05) is 26.9 Å². The van der Waals surface area contributed by atoms with Crippen LogP contribution in [-0.2, 0) is 41.5 Å². The Hall–Kier alpha value is -2.60. The quantitative estimate of drug-likeness (QED) is 0.295. The first-order chi connectivity index (χ1) is 18.8. The highest BCUT2D eigenvalue weighted by molar-refractivity contribution is 5.16. The van der Waals surface area contributed by atoms with E-state index in [1.807, 2.05) is 55.4 Å². The molecule has 206 valence electrons. The Balaban J connectivity index is 1.21. The monoisotopic (exact) mass is 526 g/mol. The lowest BCUT2D eigenvalue weighted by atomic mass is 9.97. The number of imidazole rings is 2. The molecule has 3 aromatic rings. The van der Waals surface area contributed by atoms with Gasteiger partial charge in [0.2, 0.25) is 0 Å². The van der Waals surface area contributed by atoms with E-state index < -0.39 is 18.7 Å². The van der Waals surface area contributed by atoms with E-state index in [1.54, 1.807) is 19.5 Å². The van der Waals surface area contributed by atoms with Gasteiger partial charge in [0, 0.05) is 63.8 Å². The van der Waals surface area contributed by atoms with E-state index in [1.165, 1.54) is 0 Å². The molecule has 0 bridgehead atoms. The van der Waals surface area contributed by atoms with Gasteiger partial charge in [-0.3, -0.25) is 0 Å². The van der Waals surface area contributed by atoms with Gasteiger partial charge in [0.05, 0.1) is 19.3 Å². The first-order valence-electron chi connectivity index (χ1n) is 13.5. The topological polar surface area (TPSA) is 91.0 Å². The fourth-order valence-electron chi connectivity index (χ4n) is 4.95. The third-order valence-corrected chi connectivity index (χ3v) is 6.95. The van der Waals surface area contributed by atoms with Crippen LogP contribution in [0.4, 0.5) is 0 Å². The number of aryl methyl sites for hydroxylation is 2. The largest absolute Gasteiger partial charge is 0.372 e. The van der Waals surface area contributed by atoms with Crippen molar-refractivity contribution in [2.45, 2.75) is 75.8 Å². The zero-order chi connectivity index (χ0) is 26.0. The Kier molecular flexibility index (Phi) is 9.93. The van der Waals surface area contributed by atoms with E-state index in [9.17, 15) is 0 Å². The van der Waals surface area contributed by atoms with Crippen LogP contribution in [0, 0.1) is 0 Å². The lowest BCUT2D eigenvalue weighted by Crippen LogP contribution is -2.63. The van der Waals surface area contributed by atoms with Crippen molar-refractivity contribution < 1.29 is 28.4 Å². The highest BCUT2D eigenvalue weighted by Crippen LogP contribution is 2.36. The van der Waals surface area contributed by atoms with Crippen LogP contribution < -0.4 is 0 Å². The van der Waals surface area contributed by atoms with Crippen molar-refractivity contribution in [3.8, 4) is 0 Å². The molecule has 10 nitrogen and oxygen atoms in total. The maximum atomic E-state index is 6.51. The molecule has 4 heterocycles. The molecule has 2 aliphatic rings. The molecule has 2 aromatic heterocycles. The van der Waals surface area contributed by atoms with Crippen LogP contribution in [0.1, 0.15) is 37.5 Å². The van der Waals surface area contributed by atoms with Gasteiger partial charge in [-0.1, -0.05) is 30.3 Å². The van der Waals surface area contributed by atoms with E-state index in [4.69, 9.17) is 28.4 Å². The molecule has 2 aliphatic heterocycles. The fraction of sp³-hybridized carbons (Fsp3) is 0.571. The average molecular weight is 527 g/mol. The SMILES string of the molecule is CO[C@H]1O[C@@H]2COC(c3ccccc3)O[C@H]2[C@H](OCCCCn2ccnc2)[C@H]1OCCCCn1ccnc1. The molecule has 0 N–H and O–H groups in total. The van der Waals surface area contributed by atoms with E-state index in [0.717, 1.165) is 44.3 Å². The summed E-state index contributed by atoms with van der Waals surface area (Å²) in [5.41, 5.74) is 0.968.